The zero-order chi connectivity index (χ0) is 52.0. The summed E-state index contributed by atoms with van der Waals surface area (Å²) in [4.78, 5) is 12.5. The van der Waals surface area contributed by atoms with E-state index >= 15 is 0 Å². The molecule has 0 saturated heterocycles. The number of amides is 1. The van der Waals surface area contributed by atoms with E-state index < -0.39 is 12.1 Å². The van der Waals surface area contributed by atoms with E-state index in [9.17, 15) is 15.0 Å². The second kappa shape index (κ2) is 63.6. The first-order valence-electron chi connectivity index (χ1n) is 32.9. The number of hydrogen-bond acceptors (Lipinski definition) is 3. The molecule has 0 bridgehead atoms. The predicted octanol–water partition coefficient (Wildman–Crippen LogP) is 22.2. The van der Waals surface area contributed by atoms with Crippen LogP contribution >= 0.6 is 0 Å². The molecule has 424 valence electrons. The summed E-state index contributed by atoms with van der Waals surface area (Å²) < 4.78 is 0. The van der Waals surface area contributed by atoms with Crippen molar-refractivity contribution in [3.8, 4) is 0 Å². The SMILES string of the molecule is CCCCCCC/C=C\C/C=C\CCCCCCCCCCCCCCCCCCCCCCCCCCCCCCCC(=O)NC(CO)C(O)/C=C/CC/C=C/CCCCCCCCCCCCCCC. The Balaban J connectivity index is 3.40. The maximum absolute atomic E-state index is 12.5. The molecular weight excluding hydrogens is 879 g/mol. The highest BCUT2D eigenvalue weighted by atomic mass is 16.3. The number of carbonyl (C=O) groups is 1. The molecule has 1 amide bonds. The van der Waals surface area contributed by atoms with Gasteiger partial charge in [0, 0.05) is 6.42 Å². The number of carbonyl (C=O) groups excluding carboxylic acids is 1. The molecule has 0 aliphatic rings. The summed E-state index contributed by atoms with van der Waals surface area (Å²) in [6.45, 7) is 4.32. The number of unbranched alkanes of at least 4 members (excludes halogenated alkanes) is 48. The first-order valence-corrected chi connectivity index (χ1v) is 32.9. The fourth-order valence-corrected chi connectivity index (χ4v) is 10.3. The minimum atomic E-state index is -0.861. The number of allylic oxidation sites excluding steroid dienone is 7. The molecule has 0 aromatic carbocycles. The summed E-state index contributed by atoms with van der Waals surface area (Å²) in [7, 11) is 0. The van der Waals surface area contributed by atoms with Crippen LogP contribution < -0.4 is 5.32 Å². The lowest BCUT2D eigenvalue weighted by Crippen LogP contribution is -2.45. The summed E-state index contributed by atoms with van der Waals surface area (Å²) in [6.07, 6.45) is 89.0. The van der Waals surface area contributed by atoms with Gasteiger partial charge in [-0.15, -0.1) is 0 Å². The van der Waals surface area contributed by atoms with Gasteiger partial charge < -0.3 is 15.5 Å². The summed E-state index contributed by atoms with van der Waals surface area (Å²) in [5.41, 5.74) is 0. The van der Waals surface area contributed by atoms with Gasteiger partial charge in [-0.3, -0.25) is 4.79 Å². The Hall–Kier alpha value is -1.65. The van der Waals surface area contributed by atoms with Crippen molar-refractivity contribution >= 4 is 5.91 Å². The predicted molar refractivity (Wildman–Crippen MR) is 322 cm³/mol. The molecule has 72 heavy (non-hydrogen) atoms. The Morgan fingerprint density at radius 2 is 0.583 bits per heavy atom. The molecule has 0 aliphatic heterocycles. The van der Waals surface area contributed by atoms with E-state index in [0.717, 1.165) is 38.5 Å². The summed E-state index contributed by atoms with van der Waals surface area (Å²) in [5.74, 6) is -0.0670. The molecule has 0 fully saturated rings. The van der Waals surface area contributed by atoms with E-state index in [1.165, 1.54) is 302 Å². The molecule has 0 spiro atoms. The number of aliphatic hydroxyl groups is 2. The molecular formula is C68H129NO3. The highest BCUT2D eigenvalue weighted by Crippen LogP contribution is 2.18. The van der Waals surface area contributed by atoms with Crippen LogP contribution in [0.2, 0.25) is 0 Å². The third-order valence-corrected chi connectivity index (χ3v) is 15.3. The zero-order valence-corrected chi connectivity index (χ0v) is 49.0. The highest BCUT2D eigenvalue weighted by molar-refractivity contribution is 5.76. The molecule has 4 heteroatoms. The third-order valence-electron chi connectivity index (χ3n) is 15.3. The Labute approximate surface area is 452 Å². The number of hydrogen-bond donors (Lipinski definition) is 3. The average Bonchev–Trinajstić information content (AvgIpc) is 3.39. The minimum Gasteiger partial charge on any atom is -0.394 e. The van der Waals surface area contributed by atoms with Crippen LogP contribution in [-0.4, -0.2) is 34.9 Å². The maximum atomic E-state index is 12.5. The molecule has 0 aromatic rings. The van der Waals surface area contributed by atoms with Crippen molar-refractivity contribution in [3.63, 3.8) is 0 Å². The Morgan fingerprint density at radius 3 is 0.889 bits per heavy atom. The van der Waals surface area contributed by atoms with Gasteiger partial charge in [0.05, 0.1) is 18.8 Å². The van der Waals surface area contributed by atoms with Crippen molar-refractivity contribution in [2.45, 2.75) is 373 Å². The van der Waals surface area contributed by atoms with Crippen LogP contribution in [0.5, 0.6) is 0 Å². The lowest BCUT2D eigenvalue weighted by molar-refractivity contribution is -0.123. The van der Waals surface area contributed by atoms with Gasteiger partial charge in [-0.05, 0) is 64.2 Å². The van der Waals surface area contributed by atoms with Crippen molar-refractivity contribution in [2.75, 3.05) is 6.61 Å². The van der Waals surface area contributed by atoms with Crippen LogP contribution in [0.4, 0.5) is 0 Å². The van der Waals surface area contributed by atoms with Crippen LogP contribution in [0.1, 0.15) is 361 Å². The quantitative estimate of drug-likeness (QED) is 0.0420. The lowest BCUT2D eigenvalue weighted by Gasteiger charge is -2.19. The van der Waals surface area contributed by atoms with E-state index in [-0.39, 0.29) is 12.5 Å². The normalized spacial score (nSPS) is 13.0. The van der Waals surface area contributed by atoms with Crippen LogP contribution in [0.3, 0.4) is 0 Å². The molecule has 0 radical (unpaired) electrons. The summed E-state index contributed by atoms with van der Waals surface area (Å²) in [5, 5.41) is 23.2. The van der Waals surface area contributed by atoms with Crippen LogP contribution in [0, 0.1) is 0 Å². The topological polar surface area (TPSA) is 69.6 Å². The van der Waals surface area contributed by atoms with Gasteiger partial charge in [-0.1, -0.05) is 339 Å². The summed E-state index contributed by atoms with van der Waals surface area (Å²) >= 11 is 0. The number of aliphatic hydroxyl groups excluding tert-OH is 2. The molecule has 0 rings (SSSR count). The van der Waals surface area contributed by atoms with E-state index in [1.807, 2.05) is 6.08 Å². The standard InChI is InChI=1S/C68H129NO3/c1-3-5-7-9-11-13-15-17-19-21-23-24-25-26-27-28-29-30-31-32-33-34-35-36-37-38-39-40-41-42-43-44-46-48-50-52-54-56-58-60-62-64-68(72)69-66(65-70)67(71)63-61-59-57-55-53-51-49-47-45-22-20-18-16-14-12-10-8-6-4-2/h15,17,21,23,53,55,61,63,66-67,70-71H,3-14,16,18-20,22,24-52,54,56-60,62,64-65H2,1-2H3,(H,69,72)/b17-15-,23-21-,55-53+,63-61+. The van der Waals surface area contributed by atoms with E-state index in [0.29, 0.717) is 6.42 Å². The molecule has 0 heterocycles. The van der Waals surface area contributed by atoms with E-state index in [4.69, 9.17) is 0 Å². The van der Waals surface area contributed by atoms with Crippen LogP contribution in [0.25, 0.3) is 0 Å². The second-order valence-electron chi connectivity index (χ2n) is 22.5. The number of rotatable bonds is 61. The molecule has 2 atom stereocenters. The first kappa shape index (κ1) is 70.3. The van der Waals surface area contributed by atoms with Crippen molar-refractivity contribution in [3.05, 3.63) is 48.6 Å². The van der Waals surface area contributed by atoms with Gasteiger partial charge in [-0.25, -0.2) is 0 Å². The largest absolute Gasteiger partial charge is 0.394 e. The van der Waals surface area contributed by atoms with Gasteiger partial charge in [0.15, 0.2) is 0 Å². The first-order chi connectivity index (χ1) is 35.7. The molecule has 3 N–H and O–H groups in total. The van der Waals surface area contributed by atoms with Gasteiger partial charge in [0.1, 0.15) is 0 Å². The van der Waals surface area contributed by atoms with Gasteiger partial charge in [0.2, 0.25) is 5.91 Å². The smallest absolute Gasteiger partial charge is 0.220 e. The molecule has 0 aliphatic carbocycles. The second-order valence-corrected chi connectivity index (χ2v) is 22.5. The Morgan fingerprint density at radius 1 is 0.333 bits per heavy atom. The number of nitrogens with one attached hydrogen (secondary N) is 1. The van der Waals surface area contributed by atoms with Crippen LogP contribution in [0.15, 0.2) is 48.6 Å². The molecule has 0 saturated carbocycles. The van der Waals surface area contributed by atoms with Crippen molar-refractivity contribution < 1.29 is 15.0 Å². The highest BCUT2D eigenvalue weighted by Gasteiger charge is 2.18. The molecule has 4 nitrogen and oxygen atoms in total. The lowest BCUT2D eigenvalue weighted by atomic mass is 10.0. The van der Waals surface area contributed by atoms with Gasteiger partial charge in [0.25, 0.3) is 0 Å². The Kier molecular flexibility index (Phi) is 62.2. The van der Waals surface area contributed by atoms with Crippen molar-refractivity contribution in [1.29, 1.82) is 0 Å². The third kappa shape index (κ3) is 59.2. The van der Waals surface area contributed by atoms with Gasteiger partial charge >= 0.3 is 0 Å². The fourth-order valence-electron chi connectivity index (χ4n) is 10.3. The fraction of sp³-hybridized carbons (Fsp3) is 0.868. The average molecular weight is 1010 g/mol. The van der Waals surface area contributed by atoms with Gasteiger partial charge in [-0.2, -0.15) is 0 Å². The molecule has 2 unspecified atom stereocenters. The monoisotopic (exact) mass is 1010 g/mol. The summed E-state index contributed by atoms with van der Waals surface area (Å²) in [6, 6.07) is -0.638. The zero-order valence-electron chi connectivity index (χ0n) is 49.0. The van der Waals surface area contributed by atoms with E-state index in [2.05, 4.69) is 55.6 Å². The van der Waals surface area contributed by atoms with Crippen LogP contribution in [-0.2, 0) is 4.79 Å². The van der Waals surface area contributed by atoms with Crippen molar-refractivity contribution in [2.24, 2.45) is 0 Å². The van der Waals surface area contributed by atoms with E-state index in [1.54, 1.807) is 6.08 Å². The van der Waals surface area contributed by atoms with Crippen molar-refractivity contribution in [1.82, 2.24) is 5.32 Å². The maximum Gasteiger partial charge on any atom is 0.220 e. The molecule has 0 aromatic heterocycles. The minimum absolute atomic E-state index is 0.0670. The Bertz CT molecular complexity index is 1140.